The van der Waals surface area contributed by atoms with E-state index in [1.54, 1.807) is 64.3 Å². The SMILES string of the molecule is C#CC[C@H](C)C(=O)N[C@@H](C[C@@H]1CCCC1=O)C(=O)OC.C#CC[C@H](C)C(=O)O.C#CC[C@H](N)C(=O)N[C@@H](C[C@@H]1CCCC1=O)C(=O)OC.C#CC[C@H](NC(=O)c1cc2c(OC)cccc2[nH]1)C(=O)N[C@@H](C[C@@H]1CCCC1=O)C(=O)OC.COC(=O)[C@@H](C)C[C@@H]1CCNC1=O.COC(=O)[C@@H](N)C[C@@H]1CCNC1=O.COc1cccc2[nH]c(C(=O)O)cc12.Cl.Cl. The maximum atomic E-state index is 12.9. The molecule has 674 valence electrons. The molecule has 123 heavy (non-hydrogen) atoms. The van der Waals surface area contributed by atoms with E-state index in [9.17, 15) is 76.7 Å². The maximum Gasteiger partial charge on any atom is 0.352 e. The van der Waals surface area contributed by atoms with Gasteiger partial charge < -0.3 is 96.7 Å². The molecule has 0 radical (unpaired) electrons. The van der Waals surface area contributed by atoms with Gasteiger partial charge in [0.25, 0.3) is 5.91 Å². The molecule has 3 saturated carbocycles. The van der Waals surface area contributed by atoms with Crippen molar-refractivity contribution in [2.75, 3.05) is 62.9 Å². The zero-order valence-electron chi connectivity index (χ0n) is 70.8. The van der Waals surface area contributed by atoms with Gasteiger partial charge in [0.1, 0.15) is 70.4 Å². The summed E-state index contributed by atoms with van der Waals surface area (Å²) in [5.74, 6) is 3.03. The number of aliphatic carboxylic acids is 1. The van der Waals surface area contributed by atoms with Crippen molar-refractivity contribution in [2.24, 2.45) is 58.8 Å². The fourth-order valence-electron chi connectivity index (χ4n) is 13.4. The second-order valence-electron chi connectivity index (χ2n) is 29.1. The number of hydrogen-bond donors (Lipinski definition) is 12. The van der Waals surface area contributed by atoms with Crippen LogP contribution in [0.5, 0.6) is 11.5 Å². The summed E-state index contributed by atoms with van der Waals surface area (Å²) in [6, 6.07) is 8.68. The van der Waals surface area contributed by atoms with Gasteiger partial charge in [0, 0.05) is 115 Å². The molecular formula is C86H116Cl2N10O25. The van der Waals surface area contributed by atoms with Crippen LogP contribution < -0.4 is 52.8 Å². The predicted octanol–water partition coefficient (Wildman–Crippen LogP) is 5.32. The number of methoxy groups -OCH3 is 7. The highest BCUT2D eigenvalue weighted by Gasteiger charge is 2.37. The molecule has 4 heterocycles. The number of fused-ring (bicyclic) bond motifs is 2. The van der Waals surface area contributed by atoms with E-state index >= 15 is 0 Å². The highest BCUT2D eigenvalue weighted by atomic mass is 35.5. The molecule has 0 unspecified atom stereocenters. The van der Waals surface area contributed by atoms with Gasteiger partial charge >= 0.3 is 41.8 Å². The van der Waals surface area contributed by atoms with Crippen molar-refractivity contribution in [1.29, 1.82) is 0 Å². The van der Waals surface area contributed by atoms with Crippen LogP contribution in [0.1, 0.15) is 170 Å². The average Bonchev–Trinajstić information content (AvgIpc) is 1.62. The molecule has 5 fully saturated rings. The minimum absolute atomic E-state index is 0. The van der Waals surface area contributed by atoms with Crippen LogP contribution in [0.3, 0.4) is 0 Å². The van der Waals surface area contributed by atoms with E-state index in [-0.39, 0.29) is 144 Å². The molecule has 2 aromatic carbocycles. The molecule has 0 spiro atoms. The summed E-state index contributed by atoms with van der Waals surface area (Å²) < 4.78 is 33.6. The minimum Gasteiger partial charge on any atom is -0.496 e. The number of nitrogens with two attached hydrogens (primary N) is 2. The van der Waals surface area contributed by atoms with Crippen molar-refractivity contribution in [3.8, 4) is 60.9 Å². The lowest BCUT2D eigenvalue weighted by Crippen LogP contribution is -2.52. The number of amides is 6. The Morgan fingerprint density at radius 2 is 0.821 bits per heavy atom. The molecule has 2 aliphatic heterocycles. The van der Waals surface area contributed by atoms with E-state index in [2.05, 4.69) is 79.8 Å². The standard InChI is InChI=1S/C24H27N3O6.C15H21NO4.C14H20N2O4.C10H9NO3.C9H15NO3.C8H14N2O3.C6H8O2.2ClH/c1-4-7-17(22(29)27-19(24(31)33-3)12-14-8-5-10-20(14)28)26-23(30)18-13-15-16(25-18)9-6-11-21(15)32-2;1-4-6-10(2)14(18)16-12(15(19)20-3)9-11-7-5-8-13(11)17;1-3-5-10(15)13(18)16-11(14(19)20-2)8-9-6-4-7-12(9)17;1-14-9-4-2-3-7-6(9)5-8(11-7)10(12)13;1-6(9(12)13-2)5-7-3-4-10-8(7)11;1-13-8(12)6(9)4-5-2-3-10-7(5)11;1-3-4-5(2)6(7)8;;/h1,6,9,11,13-14,17,19,25H,5,7-8,10,12H2,2-3H3,(H,26,30)(H,27,29);1,10-12H,5-9H2,2-3H3,(H,16,18);1,9-11H,4-8,15H2,2H3,(H,16,18);2-5,11H,1H3,(H,12,13);6-7H,3-5H2,1-2H3,(H,10,11);5-6H,2-4,9H2,1H3,(H,10,11);1,5H,4H2,2H3,(H,7,8);2*1H/t14-,17-,19-;10-,11-,12-;9-,10-,11-;;6-,7-;5-,6-;5-;;/m000.000../s1. The monoisotopic (exact) mass is 1760 g/mol. The van der Waals surface area contributed by atoms with Crippen LogP contribution in [0.2, 0.25) is 0 Å². The number of hydrogen-bond acceptors (Lipinski definition) is 25. The Kier molecular flexibility index (Phi) is 50.8. The van der Waals surface area contributed by atoms with Gasteiger partial charge in [0.15, 0.2) is 0 Å². The lowest BCUT2D eigenvalue weighted by atomic mass is 9.95. The number of aromatic amines is 2. The van der Waals surface area contributed by atoms with Crippen LogP contribution in [-0.4, -0.2) is 214 Å². The van der Waals surface area contributed by atoms with Crippen LogP contribution in [0.4, 0.5) is 0 Å². The number of carbonyl (C=O) groups excluding carboxylic acids is 14. The summed E-state index contributed by atoms with van der Waals surface area (Å²) in [5, 5.41) is 34.3. The highest BCUT2D eigenvalue weighted by Crippen LogP contribution is 2.31. The molecule has 35 nitrogen and oxygen atoms in total. The summed E-state index contributed by atoms with van der Waals surface area (Å²) in [5.41, 5.74) is 13.0. The number of carboxylic acid groups (broad SMARTS) is 2. The van der Waals surface area contributed by atoms with Gasteiger partial charge in [-0.2, -0.15) is 0 Å². The molecule has 3 aliphatic carbocycles. The van der Waals surface area contributed by atoms with Gasteiger partial charge in [0.05, 0.1) is 67.6 Å². The first kappa shape index (κ1) is 109. The number of Topliss-reactive ketones (excluding diaryl/α,β-unsaturated/α-hetero) is 3. The second kappa shape index (κ2) is 57.3. The molecule has 4 aromatic rings. The van der Waals surface area contributed by atoms with E-state index in [1.807, 2.05) is 12.1 Å². The van der Waals surface area contributed by atoms with Crippen molar-refractivity contribution in [2.45, 2.75) is 185 Å². The minimum atomic E-state index is -1.08. The van der Waals surface area contributed by atoms with E-state index in [4.69, 9.17) is 66.3 Å². The number of rotatable bonds is 31. The average molecular weight is 1760 g/mol. The number of H-pyrrole nitrogens is 2. The molecule has 0 bridgehead atoms. The Morgan fingerprint density at radius 3 is 1.17 bits per heavy atom. The molecule has 2 saturated heterocycles. The van der Waals surface area contributed by atoms with Gasteiger partial charge in [-0.15, -0.1) is 74.2 Å². The third-order valence-corrected chi connectivity index (χ3v) is 20.4. The first-order valence-corrected chi connectivity index (χ1v) is 39.3. The Labute approximate surface area is 727 Å². The zero-order chi connectivity index (χ0) is 90.6. The zero-order valence-corrected chi connectivity index (χ0v) is 72.5. The van der Waals surface area contributed by atoms with Crippen molar-refractivity contribution in [3.05, 3.63) is 59.9 Å². The molecule has 14 N–H and O–H groups in total. The topological polar surface area (TPSA) is 534 Å². The Morgan fingerprint density at radius 1 is 0.439 bits per heavy atom. The predicted molar refractivity (Wildman–Crippen MR) is 456 cm³/mol. The number of terminal acetylenes is 4. The fraction of sp³-hybridized carbons (Fsp3) is 0.535. The van der Waals surface area contributed by atoms with Crippen molar-refractivity contribution in [1.82, 2.24) is 41.9 Å². The quantitative estimate of drug-likeness (QED) is 0.0172. The van der Waals surface area contributed by atoms with Gasteiger partial charge in [-0.25, -0.2) is 19.2 Å². The van der Waals surface area contributed by atoms with Crippen molar-refractivity contribution >= 4 is 141 Å². The molecule has 37 heteroatoms. The largest absolute Gasteiger partial charge is 0.496 e. The van der Waals surface area contributed by atoms with Gasteiger partial charge in [-0.1, -0.05) is 32.9 Å². The van der Waals surface area contributed by atoms with Crippen LogP contribution in [0.15, 0.2) is 48.5 Å². The molecule has 6 amide bonds. The number of nitrogens with one attached hydrogen (secondary N) is 8. The van der Waals surface area contributed by atoms with Gasteiger partial charge in [0.2, 0.25) is 29.5 Å². The first-order chi connectivity index (χ1) is 57.5. The number of aromatic nitrogens is 2. The van der Waals surface area contributed by atoms with E-state index < -0.39 is 95.7 Å². The number of ketones is 3. The normalized spacial score (nSPS) is 18.4. The fourth-order valence-corrected chi connectivity index (χ4v) is 13.4. The third kappa shape index (κ3) is 36.3. The van der Waals surface area contributed by atoms with Gasteiger partial charge in [-0.05, 0) is 120 Å². The highest BCUT2D eigenvalue weighted by molar-refractivity contribution is 6.02. The Hall–Kier alpha value is -12.0. The Balaban J connectivity index is 0.000000745. The van der Waals surface area contributed by atoms with Crippen LogP contribution in [-0.2, 0) is 90.8 Å². The summed E-state index contributed by atoms with van der Waals surface area (Å²) in [6.45, 7) is 6.48. The smallest absolute Gasteiger partial charge is 0.352 e. The molecule has 2 aromatic heterocycles. The third-order valence-electron chi connectivity index (χ3n) is 20.4. The van der Waals surface area contributed by atoms with Gasteiger partial charge in [-0.3, -0.25) is 57.5 Å². The first-order valence-electron chi connectivity index (χ1n) is 39.3. The maximum absolute atomic E-state index is 12.9. The molecule has 5 aliphatic rings. The molecular weight excluding hydrogens is 1640 g/mol. The Bertz CT molecular complexity index is 4310. The number of benzene rings is 2. The number of ether oxygens (including phenoxy) is 7. The van der Waals surface area contributed by atoms with Crippen molar-refractivity contribution in [3.63, 3.8) is 0 Å². The number of esters is 5. The molecule has 9 rings (SSSR count). The molecule has 14 atom stereocenters. The van der Waals surface area contributed by atoms with E-state index in [0.29, 0.717) is 81.3 Å². The van der Waals surface area contributed by atoms with E-state index in [1.165, 1.54) is 42.7 Å². The van der Waals surface area contributed by atoms with E-state index in [0.717, 1.165) is 67.8 Å². The second-order valence-corrected chi connectivity index (χ2v) is 29.1. The lowest BCUT2D eigenvalue weighted by molar-refractivity contribution is -0.146. The number of halogens is 2. The van der Waals surface area contributed by atoms with Crippen LogP contribution >= 0.6 is 24.8 Å². The van der Waals surface area contributed by atoms with Crippen LogP contribution in [0.25, 0.3) is 21.8 Å². The van der Waals surface area contributed by atoms with Crippen molar-refractivity contribution < 1.29 is 120 Å². The summed E-state index contributed by atoms with van der Waals surface area (Å²) >= 11 is 0. The number of carbonyl (C=O) groups is 16. The summed E-state index contributed by atoms with van der Waals surface area (Å²) in [4.78, 5) is 191. The number of aromatic carboxylic acids is 1. The lowest BCUT2D eigenvalue weighted by Gasteiger charge is -2.22. The summed E-state index contributed by atoms with van der Waals surface area (Å²) in [6.07, 6.45) is 30.5. The van der Waals surface area contributed by atoms with Crippen LogP contribution in [0, 0.1) is 96.7 Å². The summed E-state index contributed by atoms with van der Waals surface area (Å²) in [7, 11) is 9.46. The number of carboxylic acids is 2.